The number of nitrogens with one attached hydrogen (secondary N) is 2. The molecule has 14 heteroatoms. The van der Waals surface area contributed by atoms with Gasteiger partial charge < -0.3 is 14.2 Å². The number of hydrogen-bond acceptors (Lipinski definition) is 8. The zero-order chi connectivity index (χ0) is 21.2. The predicted molar refractivity (Wildman–Crippen MR) is 98.5 cm³/mol. The zero-order valence-corrected chi connectivity index (χ0v) is 16.5. The lowest BCUT2D eigenvalue weighted by Gasteiger charge is -2.14. The molecule has 0 spiro atoms. The highest BCUT2D eigenvalue weighted by Gasteiger charge is 2.25. The number of H-pyrrole nitrogens is 1. The standard InChI is InChI=1S/C15H14ClF2N5O5S/c1-26-12-11(28-6-10(17)18)13(27-2)20-15(19-12)23-29(24,25)14-8-4-3-7(16)5-9(8)21-22-14/h3-5,10H,6H2,1-2H3,(H,21,22)(H,19,20,23). The van der Waals surface area contributed by atoms with Crippen molar-refractivity contribution in [3.05, 3.63) is 23.2 Å². The largest absolute Gasteiger partial charge is 0.478 e. The Hall–Kier alpha value is -2.93. The average Bonchev–Trinajstić information content (AvgIpc) is 3.09. The fourth-order valence-electron chi connectivity index (χ4n) is 2.34. The van der Waals surface area contributed by atoms with Gasteiger partial charge in [0.2, 0.25) is 16.7 Å². The van der Waals surface area contributed by atoms with Crippen LogP contribution < -0.4 is 18.9 Å². The van der Waals surface area contributed by atoms with E-state index in [1.54, 1.807) is 0 Å². The molecular formula is C15H14ClF2N5O5S. The number of fused-ring (bicyclic) bond motifs is 1. The van der Waals surface area contributed by atoms with Crippen LogP contribution in [0, 0.1) is 0 Å². The summed E-state index contributed by atoms with van der Waals surface area (Å²) in [4.78, 5) is 7.67. The maximum Gasteiger partial charge on any atom is 0.284 e. The molecule has 0 unspecified atom stereocenters. The van der Waals surface area contributed by atoms with Crippen LogP contribution in [0.2, 0.25) is 5.02 Å². The number of methoxy groups -OCH3 is 2. The third kappa shape index (κ3) is 4.40. The number of nitrogens with zero attached hydrogens (tertiary/aromatic N) is 3. The lowest BCUT2D eigenvalue weighted by molar-refractivity contribution is 0.0781. The maximum atomic E-state index is 12.7. The van der Waals surface area contributed by atoms with Gasteiger partial charge in [0.1, 0.15) is 6.61 Å². The van der Waals surface area contributed by atoms with Gasteiger partial charge >= 0.3 is 0 Å². The van der Waals surface area contributed by atoms with E-state index in [4.69, 9.17) is 25.8 Å². The SMILES string of the molecule is COc1nc(NS(=O)(=O)c2n[nH]c3cc(Cl)ccc23)nc(OC)c1OCC(F)F. The van der Waals surface area contributed by atoms with Crippen molar-refractivity contribution in [2.24, 2.45) is 0 Å². The number of anilines is 1. The van der Waals surface area contributed by atoms with Gasteiger partial charge in [0.15, 0.2) is 0 Å². The summed E-state index contributed by atoms with van der Waals surface area (Å²) in [7, 11) is -1.84. The van der Waals surface area contributed by atoms with E-state index in [1.807, 2.05) is 0 Å². The summed E-state index contributed by atoms with van der Waals surface area (Å²) in [6.07, 6.45) is -2.76. The Morgan fingerprint density at radius 2 is 1.86 bits per heavy atom. The molecule has 2 aromatic heterocycles. The number of ether oxygens (including phenoxy) is 3. The number of halogens is 3. The normalized spacial score (nSPS) is 11.7. The molecule has 156 valence electrons. The van der Waals surface area contributed by atoms with Crippen molar-refractivity contribution < 1.29 is 31.4 Å². The van der Waals surface area contributed by atoms with Crippen LogP contribution in [0.5, 0.6) is 17.5 Å². The van der Waals surface area contributed by atoms with Crippen molar-refractivity contribution in [3.63, 3.8) is 0 Å². The fraction of sp³-hybridized carbons (Fsp3) is 0.267. The second-order valence-electron chi connectivity index (χ2n) is 5.42. The van der Waals surface area contributed by atoms with Gasteiger partial charge in [-0.3, -0.25) is 5.10 Å². The van der Waals surface area contributed by atoms with E-state index in [-0.39, 0.29) is 27.9 Å². The quantitative estimate of drug-likeness (QED) is 0.536. The van der Waals surface area contributed by atoms with Gasteiger partial charge in [0.25, 0.3) is 28.2 Å². The third-order valence-electron chi connectivity index (χ3n) is 3.51. The van der Waals surface area contributed by atoms with Crippen molar-refractivity contribution >= 4 is 38.5 Å². The van der Waals surface area contributed by atoms with E-state index in [1.165, 1.54) is 32.4 Å². The van der Waals surface area contributed by atoms with Gasteiger partial charge in [0.05, 0.1) is 19.7 Å². The molecule has 29 heavy (non-hydrogen) atoms. The molecule has 0 bridgehead atoms. The van der Waals surface area contributed by atoms with Gasteiger partial charge in [-0.1, -0.05) is 11.6 Å². The van der Waals surface area contributed by atoms with Crippen molar-refractivity contribution in [2.45, 2.75) is 11.5 Å². The molecule has 2 heterocycles. The van der Waals surface area contributed by atoms with E-state index in [2.05, 4.69) is 24.9 Å². The highest BCUT2D eigenvalue weighted by atomic mass is 35.5. The van der Waals surface area contributed by atoms with Crippen LogP contribution >= 0.6 is 11.6 Å². The molecule has 0 aliphatic heterocycles. The molecule has 3 rings (SSSR count). The predicted octanol–water partition coefficient (Wildman–Crippen LogP) is 2.47. The Kier molecular flexibility index (Phi) is 5.88. The Balaban J connectivity index is 1.97. The lowest BCUT2D eigenvalue weighted by atomic mass is 10.3. The summed E-state index contributed by atoms with van der Waals surface area (Å²) >= 11 is 5.88. The smallest absolute Gasteiger partial charge is 0.284 e. The molecular weight excluding hydrogens is 436 g/mol. The first-order chi connectivity index (χ1) is 13.7. The number of hydrogen-bond donors (Lipinski definition) is 2. The molecule has 2 N–H and O–H groups in total. The highest BCUT2D eigenvalue weighted by molar-refractivity contribution is 7.92. The number of benzene rings is 1. The minimum Gasteiger partial charge on any atom is -0.478 e. The second kappa shape index (κ2) is 8.21. The molecule has 10 nitrogen and oxygen atoms in total. The summed E-state index contributed by atoms with van der Waals surface area (Å²) in [5, 5.41) is 6.74. The molecule has 1 aromatic carbocycles. The molecule has 0 saturated carbocycles. The Morgan fingerprint density at radius 1 is 1.21 bits per heavy atom. The van der Waals surface area contributed by atoms with Gasteiger partial charge in [-0.25, -0.2) is 13.5 Å². The van der Waals surface area contributed by atoms with Gasteiger partial charge in [-0.15, -0.1) is 0 Å². The summed E-state index contributed by atoms with van der Waals surface area (Å²) in [6, 6.07) is 4.51. The zero-order valence-electron chi connectivity index (χ0n) is 14.9. The minimum atomic E-state index is -4.23. The summed E-state index contributed by atoms with van der Waals surface area (Å²) < 4.78 is 67.4. The average molecular weight is 450 g/mol. The number of aromatic amines is 1. The molecule has 0 radical (unpaired) electrons. The maximum absolute atomic E-state index is 12.7. The third-order valence-corrected chi connectivity index (χ3v) is 5.02. The molecule has 0 aliphatic rings. The van der Waals surface area contributed by atoms with E-state index in [9.17, 15) is 17.2 Å². The summed E-state index contributed by atoms with van der Waals surface area (Å²) in [6.45, 7) is -0.955. The molecule has 0 fully saturated rings. The molecule has 0 aliphatic carbocycles. The summed E-state index contributed by atoms with van der Waals surface area (Å²) in [5.41, 5.74) is 0.407. The Labute approximate surface area is 168 Å². The van der Waals surface area contributed by atoms with E-state index in [0.29, 0.717) is 10.5 Å². The number of aromatic nitrogens is 4. The van der Waals surface area contributed by atoms with Crippen molar-refractivity contribution in [1.29, 1.82) is 0 Å². The van der Waals surface area contributed by atoms with Crippen molar-refractivity contribution in [2.75, 3.05) is 25.5 Å². The Bertz CT molecular complexity index is 1120. The van der Waals surface area contributed by atoms with Crippen LogP contribution in [0.3, 0.4) is 0 Å². The van der Waals surface area contributed by atoms with E-state index < -0.39 is 29.0 Å². The van der Waals surface area contributed by atoms with E-state index in [0.717, 1.165) is 0 Å². The first kappa shape index (κ1) is 20.8. The highest BCUT2D eigenvalue weighted by Crippen LogP contribution is 2.36. The van der Waals surface area contributed by atoms with Gasteiger partial charge in [0, 0.05) is 10.4 Å². The summed E-state index contributed by atoms with van der Waals surface area (Å²) in [5.74, 6) is -1.32. The minimum absolute atomic E-state index is 0.290. The molecule has 3 aromatic rings. The topological polar surface area (TPSA) is 128 Å². The van der Waals surface area contributed by atoms with E-state index >= 15 is 0 Å². The first-order valence-corrected chi connectivity index (χ1v) is 9.68. The van der Waals surface area contributed by atoms with Crippen LogP contribution in [-0.2, 0) is 10.0 Å². The van der Waals surface area contributed by atoms with Crippen LogP contribution in [0.4, 0.5) is 14.7 Å². The molecule has 0 saturated heterocycles. The molecule has 0 atom stereocenters. The van der Waals surface area contributed by atoms with Crippen molar-refractivity contribution in [3.8, 4) is 17.5 Å². The molecule has 0 amide bonds. The Morgan fingerprint density at radius 3 is 2.45 bits per heavy atom. The first-order valence-electron chi connectivity index (χ1n) is 7.82. The van der Waals surface area contributed by atoms with Crippen LogP contribution in [0.1, 0.15) is 0 Å². The monoisotopic (exact) mass is 449 g/mol. The van der Waals surface area contributed by atoms with Gasteiger partial charge in [-0.2, -0.15) is 23.5 Å². The number of sulfonamides is 1. The number of alkyl halides is 2. The van der Waals surface area contributed by atoms with Crippen molar-refractivity contribution in [1.82, 2.24) is 20.2 Å². The van der Waals surface area contributed by atoms with Crippen LogP contribution in [0.15, 0.2) is 23.2 Å². The van der Waals surface area contributed by atoms with Gasteiger partial charge in [-0.05, 0) is 18.2 Å². The number of rotatable bonds is 8. The van der Waals surface area contributed by atoms with Crippen LogP contribution in [-0.4, -0.2) is 55.8 Å². The lowest BCUT2D eigenvalue weighted by Crippen LogP contribution is -2.17. The van der Waals surface area contributed by atoms with Crippen LogP contribution in [0.25, 0.3) is 10.9 Å². The fourth-order valence-corrected chi connectivity index (χ4v) is 3.58. The second-order valence-corrected chi connectivity index (χ2v) is 7.46.